The predicted molar refractivity (Wildman–Crippen MR) is 278 cm³/mol. The number of benzene rings is 4. The van der Waals surface area contributed by atoms with E-state index in [1.165, 1.54) is 18.5 Å². The number of nitro groups is 2. The summed E-state index contributed by atoms with van der Waals surface area (Å²) in [6, 6.07) is 22.6. The molecular weight excluding hydrogens is 988 g/mol. The zero-order chi connectivity index (χ0) is 54.5. The van der Waals surface area contributed by atoms with Crippen LogP contribution in [-0.2, 0) is 14.1 Å². The Morgan fingerprint density at radius 1 is 0.640 bits per heavy atom. The minimum Gasteiger partial charge on any atom is -0.433 e. The number of nitrogens with zero attached hydrogens (tertiary/aromatic N) is 11. The van der Waals surface area contributed by atoms with Crippen molar-refractivity contribution in [1.29, 1.82) is 0 Å². The van der Waals surface area contributed by atoms with E-state index in [9.17, 15) is 42.2 Å². The van der Waals surface area contributed by atoms with Crippen LogP contribution in [0.2, 0.25) is 0 Å². The van der Waals surface area contributed by atoms with Crippen LogP contribution in [0, 0.1) is 26.0 Å². The maximum atomic E-state index is 13.9. The number of anilines is 5. The van der Waals surface area contributed by atoms with Crippen LogP contribution in [-0.4, -0.2) is 130 Å². The first kappa shape index (κ1) is 55.8. The second kappa shape index (κ2) is 25.4. The lowest BCUT2D eigenvalue weighted by Gasteiger charge is -2.23. The molecule has 4 aromatic heterocycles. The normalized spacial score (nSPS) is 11.2. The molecule has 75 heavy (non-hydrogen) atoms. The third-order valence-corrected chi connectivity index (χ3v) is 11.2. The fourth-order valence-corrected chi connectivity index (χ4v) is 7.55. The summed E-state index contributed by atoms with van der Waals surface area (Å²) in [7, 11) is 15.3. The zero-order valence-electron chi connectivity index (χ0n) is 42.1. The van der Waals surface area contributed by atoms with Crippen molar-refractivity contribution in [3.63, 3.8) is 0 Å². The summed E-state index contributed by atoms with van der Waals surface area (Å²) in [5, 5.41) is 33.4. The highest BCUT2D eigenvalue weighted by Gasteiger charge is 2.25. The molecule has 8 aromatic rings. The summed E-state index contributed by atoms with van der Waals surface area (Å²) in [5.41, 5.74) is 3.44. The maximum absolute atomic E-state index is 13.9. The lowest BCUT2D eigenvalue weighted by atomic mass is 10.1. The number of aryl methyl sites for hydroxylation is 2. The molecule has 0 bridgehead atoms. The predicted octanol–water partition coefficient (Wildman–Crippen LogP) is 9.68. The number of hydrogen-bond donors (Lipinski definition) is 3. The summed E-state index contributed by atoms with van der Waals surface area (Å²) in [4.78, 5) is 44.2. The average Bonchev–Trinajstić information content (AvgIpc) is 3.89. The second-order valence-electron chi connectivity index (χ2n) is 17.2. The van der Waals surface area contributed by atoms with Gasteiger partial charge in [-0.05, 0) is 59.5 Å². The molecule has 396 valence electrons. The Morgan fingerprint density at radius 2 is 1.09 bits per heavy atom. The first-order valence-corrected chi connectivity index (χ1v) is 22.9. The van der Waals surface area contributed by atoms with E-state index in [0.29, 0.717) is 30.5 Å². The average molecular weight is 1040 g/mol. The van der Waals surface area contributed by atoms with Crippen molar-refractivity contribution in [2.24, 2.45) is 14.1 Å². The van der Waals surface area contributed by atoms with Gasteiger partial charge < -0.3 is 49.3 Å². The molecule has 8 rings (SSSR count). The lowest BCUT2D eigenvalue weighted by Crippen LogP contribution is -2.29. The molecule has 4 heterocycles. The molecule has 0 atom stereocenters. The number of alkyl halides is 4. The van der Waals surface area contributed by atoms with Crippen LogP contribution in [0.15, 0.2) is 110 Å². The molecule has 0 aliphatic heterocycles. The standard InChI is InChI=1S/C25H27F2N7O3.C20H14F3N5O3.C5H14N2/c1-31(2)11-12-32(3)21-14-23(37-24(26)27)19(13-22(21)34(35)36)30-25-28-10-9-18(29-25)17-15-33(4)20-8-6-5-7-16(17)20;1-27-10-12(11-4-2-3-5-16(11)27)14-6-7-24-20(25-14)26-15-9-17(28(29)30)13(21)8-18(15)31-19(22)23;1-6-4-5-7(2)3/h5-10,13-15,24H,11-12H2,1-4H3,(H,28,29,30);2-10,19H,1H3,(H,24,25,26);6H,4-5H2,1-3H3. The third kappa shape index (κ3) is 14.6. The molecule has 4 aromatic carbocycles. The number of para-hydroxylation sites is 2. The first-order chi connectivity index (χ1) is 35.7. The number of ether oxygens (including phenoxy) is 2. The van der Waals surface area contributed by atoms with Crippen LogP contribution in [0.4, 0.5) is 62.3 Å². The molecule has 0 spiro atoms. The number of nitro benzene ring substituents is 2. The second-order valence-corrected chi connectivity index (χ2v) is 17.2. The molecule has 0 radical (unpaired) electrons. The van der Waals surface area contributed by atoms with Crippen molar-refractivity contribution in [3.05, 3.63) is 136 Å². The Hall–Kier alpha value is -8.55. The van der Waals surface area contributed by atoms with Crippen molar-refractivity contribution in [2.75, 3.05) is 84.0 Å². The van der Waals surface area contributed by atoms with E-state index in [1.54, 1.807) is 24.1 Å². The molecule has 0 aliphatic carbocycles. The van der Waals surface area contributed by atoms with Crippen molar-refractivity contribution in [1.82, 2.24) is 44.2 Å². The summed E-state index contributed by atoms with van der Waals surface area (Å²) >= 11 is 0. The van der Waals surface area contributed by atoms with Gasteiger partial charge in [0.1, 0.15) is 5.69 Å². The summed E-state index contributed by atoms with van der Waals surface area (Å²) in [6.45, 7) is -3.16. The molecule has 25 heteroatoms. The quantitative estimate of drug-likeness (QED) is 0.0391. The monoisotopic (exact) mass is 1040 g/mol. The Labute approximate surface area is 427 Å². The van der Waals surface area contributed by atoms with E-state index in [1.807, 2.05) is 110 Å². The highest BCUT2D eigenvalue weighted by atomic mass is 19.3. The largest absolute Gasteiger partial charge is 0.433 e. The van der Waals surface area contributed by atoms with Gasteiger partial charge in [-0.25, -0.2) is 19.9 Å². The Bertz CT molecular complexity index is 3250. The molecule has 20 nitrogen and oxygen atoms in total. The topological polar surface area (TPSA) is 212 Å². The van der Waals surface area contributed by atoms with Crippen molar-refractivity contribution in [3.8, 4) is 34.0 Å². The minimum absolute atomic E-state index is 0.0366. The Morgan fingerprint density at radius 3 is 1.52 bits per heavy atom. The van der Waals surface area contributed by atoms with Gasteiger partial charge in [0.15, 0.2) is 11.5 Å². The van der Waals surface area contributed by atoms with E-state index in [4.69, 9.17) is 4.74 Å². The van der Waals surface area contributed by atoms with Crippen LogP contribution in [0.5, 0.6) is 11.5 Å². The van der Waals surface area contributed by atoms with Crippen molar-refractivity contribution in [2.45, 2.75) is 13.2 Å². The molecule has 0 fully saturated rings. The highest BCUT2D eigenvalue weighted by molar-refractivity contribution is 5.96. The minimum atomic E-state index is -3.26. The van der Waals surface area contributed by atoms with Gasteiger partial charge in [-0.1, -0.05) is 36.4 Å². The SMILES string of the molecule is CN(C)CCN(C)c1cc(OC(F)F)c(Nc2nccc(-c3cn(C)c4ccccc34)n2)cc1[N+](=O)[O-].CNCCN(C)C.Cn1cc(-c2ccnc(Nc3cc([N+](=O)[O-])c(F)cc3OC(F)F)n2)c2ccccc21. The van der Waals surface area contributed by atoms with Crippen molar-refractivity contribution >= 4 is 62.1 Å². The van der Waals surface area contributed by atoms with E-state index in [0.717, 1.165) is 58.2 Å². The van der Waals surface area contributed by atoms with E-state index in [2.05, 4.69) is 59.6 Å². The number of nitrogens with one attached hydrogen (secondary N) is 3. The van der Waals surface area contributed by atoms with Crippen LogP contribution in [0.3, 0.4) is 0 Å². The van der Waals surface area contributed by atoms with E-state index >= 15 is 0 Å². The summed E-state index contributed by atoms with van der Waals surface area (Å²) in [5.74, 6) is -2.14. The first-order valence-electron chi connectivity index (χ1n) is 22.9. The molecule has 0 unspecified atom stereocenters. The Balaban J connectivity index is 0.000000219. The molecule has 0 aliphatic rings. The number of fused-ring (bicyclic) bond motifs is 2. The van der Waals surface area contributed by atoms with Gasteiger partial charge in [0.25, 0.3) is 5.69 Å². The summed E-state index contributed by atoms with van der Waals surface area (Å²) < 4.78 is 78.8. The van der Waals surface area contributed by atoms with Crippen LogP contribution >= 0.6 is 0 Å². The third-order valence-electron chi connectivity index (χ3n) is 11.2. The maximum Gasteiger partial charge on any atom is 0.387 e. The van der Waals surface area contributed by atoms with Crippen LogP contribution in [0.25, 0.3) is 44.3 Å². The number of likely N-dealkylation sites (N-methyl/N-ethyl adjacent to an activating group) is 4. The molecule has 0 amide bonds. The molecule has 3 N–H and O–H groups in total. The summed E-state index contributed by atoms with van der Waals surface area (Å²) in [6.07, 6.45) is 6.78. The highest BCUT2D eigenvalue weighted by Crippen LogP contribution is 2.41. The van der Waals surface area contributed by atoms with Crippen molar-refractivity contribution < 1.29 is 41.3 Å². The Kier molecular flexibility index (Phi) is 18.9. The number of aromatic nitrogens is 6. The van der Waals surface area contributed by atoms with Gasteiger partial charge >= 0.3 is 18.9 Å². The molecule has 0 saturated carbocycles. The zero-order valence-corrected chi connectivity index (χ0v) is 42.1. The van der Waals surface area contributed by atoms with Gasteiger partial charge in [-0.15, -0.1) is 0 Å². The molecular formula is C50H55F5N14O6. The van der Waals surface area contributed by atoms with E-state index < -0.39 is 40.3 Å². The van der Waals surface area contributed by atoms with Gasteiger partial charge in [0.2, 0.25) is 17.7 Å². The van der Waals surface area contributed by atoms with Gasteiger partial charge in [-0.3, -0.25) is 20.2 Å². The fourth-order valence-electron chi connectivity index (χ4n) is 7.55. The van der Waals surface area contributed by atoms with Crippen LogP contribution in [0.1, 0.15) is 0 Å². The van der Waals surface area contributed by atoms with Gasteiger partial charge in [-0.2, -0.15) is 22.0 Å². The molecule has 0 saturated heterocycles. The van der Waals surface area contributed by atoms with E-state index in [-0.39, 0.29) is 40.4 Å². The number of rotatable bonds is 19. The van der Waals surface area contributed by atoms with Gasteiger partial charge in [0, 0.05) is 129 Å². The van der Waals surface area contributed by atoms with Crippen LogP contribution < -0.4 is 30.3 Å². The number of hydrogen-bond acceptors (Lipinski definition) is 16. The van der Waals surface area contributed by atoms with Gasteiger partial charge in [0.05, 0.1) is 32.6 Å². The number of halogens is 5. The fraction of sp³-hybridized carbons (Fsp3) is 0.280. The lowest BCUT2D eigenvalue weighted by molar-refractivity contribution is -0.387. The smallest absolute Gasteiger partial charge is 0.387 e.